The quantitative estimate of drug-likeness (QED) is 0.771. The van der Waals surface area contributed by atoms with Gasteiger partial charge < -0.3 is 10.1 Å². The highest BCUT2D eigenvalue weighted by Crippen LogP contribution is 2.07. The molecule has 0 aromatic heterocycles. The van der Waals surface area contributed by atoms with Gasteiger partial charge in [0.25, 0.3) is 0 Å². The molecule has 0 fully saturated rings. The number of alkyl carbamates (subject to hydrolysis) is 1. The number of halogens is 1. The van der Waals surface area contributed by atoms with Gasteiger partial charge in [0.1, 0.15) is 5.78 Å². The first kappa shape index (κ1) is 13.4. The monoisotopic (exact) mass is 265 g/mol. The summed E-state index contributed by atoms with van der Waals surface area (Å²) < 4.78 is 4.47. The number of amides is 1. The number of carbonyl (C=O) groups excluding carboxylic acids is 2. The van der Waals surface area contributed by atoms with Crippen molar-refractivity contribution in [1.82, 2.24) is 5.32 Å². The predicted octanol–water partition coefficient (Wildman–Crippen LogP) is 1.72. The number of rotatable bonds is 5. The van der Waals surface area contributed by atoms with Gasteiger partial charge in [-0.15, -0.1) is 0 Å². The fourth-order valence-corrected chi connectivity index (χ4v) is 1.19. The molecule has 0 spiro atoms. The van der Waals surface area contributed by atoms with Crippen LogP contribution in [0.25, 0.3) is 0 Å². The van der Waals surface area contributed by atoms with Gasteiger partial charge in [-0.05, 0) is 5.92 Å². The van der Waals surface area contributed by atoms with Crippen molar-refractivity contribution in [2.45, 2.75) is 26.3 Å². The first-order valence-electron chi connectivity index (χ1n) is 4.43. The van der Waals surface area contributed by atoms with Gasteiger partial charge in [0.2, 0.25) is 0 Å². The van der Waals surface area contributed by atoms with Crippen LogP contribution in [0.1, 0.15) is 20.3 Å². The number of alkyl halides is 1. The van der Waals surface area contributed by atoms with Crippen LogP contribution >= 0.6 is 15.9 Å². The molecule has 1 atom stereocenters. The summed E-state index contributed by atoms with van der Waals surface area (Å²) in [5.41, 5.74) is 0. The fourth-order valence-electron chi connectivity index (χ4n) is 0.964. The topological polar surface area (TPSA) is 55.4 Å². The third-order valence-electron chi connectivity index (χ3n) is 1.89. The molecule has 0 aliphatic heterocycles. The summed E-state index contributed by atoms with van der Waals surface area (Å²) in [5.74, 6) is 0.275. The number of methoxy groups -OCH3 is 1. The zero-order valence-corrected chi connectivity index (χ0v) is 10.3. The van der Waals surface area contributed by atoms with Crippen LogP contribution in [0.2, 0.25) is 0 Å². The summed E-state index contributed by atoms with van der Waals surface area (Å²) in [5, 5.41) is 2.95. The summed E-state index contributed by atoms with van der Waals surface area (Å²) in [7, 11) is 1.30. The van der Waals surface area contributed by atoms with Crippen molar-refractivity contribution in [2.75, 3.05) is 12.4 Å². The number of Topliss-reactive ketones (excluding diaryl/α,β-unsaturated/α-hetero) is 1. The van der Waals surface area contributed by atoms with E-state index >= 15 is 0 Å². The molecule has 0 aromatic carbocycles. The third kappa shape index (κ3) is 5.21. The molecular formula is C9H16BrNO3. The lowest BCUT2D eigenvalue weighted by atomic mass is 9.99. The minimum absolute atomic E-state index is 0.0695. The summed E-state index contributed by atoms with van der Waals surface area (Å²) in [6.07, 6.45) is -0.163. The Balaban J connectivity index is 4.16. The van der Waals surface area contributed by atoms with Crippen molar-refractivity contribution in [1.29, 1.82) is 0 Å². The van der Waals surface area contributed by atoms with Crippen molar-refractivity contribution in [2.24, 2.45) is 5.92 Å². The highest BCUT2D eigenvalue weighted by Gasteiger charge is 2.19. The highest BCUT2D eigenvalue weighted by atomic mass is 79.9. The number of hydrogen-bond donors (Lipinski definition) is 1. The lowest BCUT2D eigenvalue weighted by molar-refractivity contribution is -0.117. The lowest BCUT2D eigenvalue weighted by Crippen LogP contribution is -2.40. The first-order chi connectivity index (χ1) is 6.51. The molecular weight excluding hydrogens is 250 g/mol. The molecule has 0 saturated heterocycles. The van der Waals surface area contributed by atoms with Crippen LogP contribution in [0.4, 0.5) is 4.79 Å². The Morgan fingerprint density at radius 1 is 1.43 bits per heavy atom. The van der Waals surface area contributed by atoms with Crippen molar-refractivity contribution >= 4 is 27.8 Å². The number of ether oxygens (including phenoxy) is 1. The van der Waals surface area contributed by atoms with Gasteiger partial charge in [-0.25, -0.2) is 4.79 Å². The average molecular weight is 266 g/mol. The zero-order valence-electron chi connectivity index (χ0n) is 8.67. The van der Waals surface area contributed by atoms with Crippen LogP contribution in [-0.4, -0.2) is 30.4 Å². The van der Waals surface area contributed by atoms with Crippen LogP contribution in [0.5, 0.6) is 0 Å². The molecule has 14 heavy (non-hydrogen) atoms. The lowest BCUT2D eigenvalue weighted by Gasteiger charge is -2.20. The van der Waals surface area contributed by atoms with Crippen molar-refractivity contribution in [3.05, 3.63) is 0 Å². The van der Waals surface area contributed by atoms with E-state index in [0.29, 0.717) is 11.8 Å². The van der Waals surface area contributed by atoms with Gasteiger partial charge in [0.15, 0.2) is 0 Å². The molecule has 0 aromatic rings. The molecule has 0 radical (unpaired) electrons. The molecule has 0 aliphatic carbocycles. The summed E-state index contributed by atoms with van der Waals surface area (Å²) in [6.45, 7) is 3.89. The normalized spacial score (nSPS) is 12.4. The van der Waals surface area contributed by atoms with Crippen molar-refractivity contribution in [3.63, 3.8) is 0 Å². The number of hydrogen-bond acceptors (Lipinski definition) is 3. The zero-order chi connectivity index (χ0) is 11.1. The van der Waals surface area contributed by atoms with Crippen LogP contribution in [0.15, 0.2) is 0 Å². The molecule has 4 nitrogen and oxygen atoms in total. The number of nitrogens with one attached hydrogen (secondary N) is 1. The smallest absolute Gasteiger partial charge is 0.407 e. The van der Waals surface area contributed by atoms with E-state index in [1.807, 2.05) is 13.8 Å². The van der Waals surface area contributed by atoms with Gasteiger partial charge in [-0.2, -0.15) is 0 Å². The Labute approximate surface area is 92.5 Å². The fraction of sp³-hybridized carbons (Fsp3) is 0.778. The van der Waals surface area contributed by atoms with Crippen LogP contribution < -0.4 is 5.32 Å². The summed E-state index contributed by atoms with van der Waals surface area (Å²) >= 11 is 3.08. The molecule has 0 saturated carbocycles. The molecule has 5 heteroatoms. The maximum absolute atomic E-state index is 11.2. The van der Waals surface area contributed by atoms with Crippen molar-refractivity contribution < 1.29 is 14.3 Å². The number of ketones is 1. The third-order valence-corrected chi connectivity index (χ3v) is 2.52. The van der Waals surface area contributed by atoms with E-state index in [0.717, 1.165) is 0 Å². The Kier molecular flexibility index (Phi) is 6.53. The Hall–Kier alpha value is -0.580. The molecule has 0 bridgehead atoms. The average Bonchev–Trinajstić information content (AvgIpc) is 2.16. The molecule has 1 amide bonds. The molecule has 0 rings (SSSR count). The molecule has 0 heterocycles. The summed E-state index contributed by atoms with van der Waals surface area (Å²) in [6, 6.07) is -0.160. The van der Waals surface area contributed by atoms with Gasteiger partial charge in [0, 0.05) is 12.5 Å². The van der Waals surface area contributed by atoms with E-state index < -0.39 is 6.09 Å². The number of carbonyl (C=O) groups is 2. The molecule has 82 valence electrons. The van der Waals surface area contributed by atoms with E-state index in [1.54, 1.807) is 0 Å². The molecule has 1 N–H and O–H groups in total. The maximum atomic E-state index is 11.2. The van der Waals surface area contributed by atoms with Crippen LogP contribution in [-0.2, 0) is 9.53 Å². The first-order valence-corrected chi connectivity index (χ1v) is 5.55. The Morgan fingerprint density at radius 3 is 2.36 bits per heavy atom. The molecule has 0 aliphatic rings. The van der Waals surface area contributed by atoms with Crippen LogP contribution in [0.3, 0.4) is 0 Å². The second kappa shape index (κ2) is 6.81. The van der Waals surface area contributed by atoms with Gasteiger partial charge >= 0.3 is 6.09 Å². The second-order valence-corrected chi connectivity index (χ2v) is 3.92. The summed E-state index contributed by atoms with van der Waals surface area (Å²) in [4.78, 5) is 22.1. The van der Waals surface area contributed by atoms with E-state index in [2.05, 4.69) is 26.0 Å². The van der Waals surface area contributed by atoms with E-state index in [9.17, 15) is 9.59 Å². The SMILES string of the molecule is COC(=O)NC(CC(=O)CBr)C(C)C. The molecule has 1 unspecified atom stereocenters. The Morgan fingerprint density at radius 2 is 2.00 bits per heavy atom. The van der Waals surface area contributed by atoms with E-state index in [4.69, 9.17) is 0 Å². The van der Waals surface area contributed by atoms with Crippen molar-refractivity contribution in [3.8, 4) is 0 Å². The van der Waals surface area contributed by atoms with E-state index in [-0.39, 0.29) is 17.7 Å². The van der Waals surface area contributed by atoms with Gasteiger partial charge in [-0.3, -0.25) is 4.79 Å². The predicted molar refractivity (Wildman–Crippen MR) is 57.6 cm³/mol. The highest BCUT2D eigenvalue weighted by molar-refractivity contribution is 9.09. The van der Waals surface area contributed by atoms with Crippen LogP contribution in [0, 0.1) is 5.92 Å². The van der Waals surface area contributed by atoms with Gasteiger partial charge in [0.05, 0.1) is 12.4 Å². The standard InChI is InChI=1S/C9H16BrNO3/c1-6(2)8(4-7(12)5-10)11-9(13)14-3/h6,8H,4-5H2,1-3H3,(H,11,13). The second-order valence-electron chi connectivity index (χ2n) is 3.36. The minimum Gasteiger partial charge on any atom is -0.453 e. The maximum Gasteiger partial charge on any atom is 0.407 e. The van der Waals surface area contributed by atoms with E-state index in [1.165, 1.54) is 7.11 Å². The van der Waals surface area contributed by atoms with Gasteiger partial charge in [-0.1, -0.05) is 29.8 Å². The largest absolute Gasteiger partial charge is 0.453 e. The Bertz CT molecular complexity index is 188. The minimum atomic E-state index is -0.494.